The summed E-state index contributed by atoms with van der Waals surface area (Å²) < 4.78 is 13.0. The zero-order chi connectivity index (χ0) is 13.1. The summed E-state index contributed by atoms with van der Waals surface area (Å²) in [5, 5.41) is 13.3. The Hall–Kier alpha value is -0.620. The van der Waals surface area contributed by atoms with E-state index in [0.29, 0.717) is 10.7 Å². The molecular formula is C11H12Br2FNO2. The number of phenols is 1. The molecule has 0 unspecified atom stereocenters. The van der Waals surface area contributed by atoms with Gasteiger partial charge in [-0.15, -0.1) is 0 Å². The molecule has 1 aromatic rings. The Morgan fingerprint density at radius 3 is 2.59 bits per heavy atom. The Morgan fingerprint density at radius 1 is 1.47 bits per heavy atom. The van der Waals surface area contributed by atoms with Crippen molar-refractivity contribution >= 4 is 37.8 Å². The van der Waals surface area contributed by atoms with Gasteiger partial charge in [0.1, 0.15) is 11.6 Å². The second kappa shape index (κ2) is 5.82. The van der Waals surface area contributed by atoms with Crippen molar-refractivity contribution in [2.45, 2.75) is 12.5 Å². The van der Waals surface area contributed by atoms with Crippen LogP contribution in [0.1, 0.15) is 17.3 Å². The number of alkyl halides is 2. The highest BCUT2D eigenvalue weighted by molar-refractivity contribution is 9.09. The number of phenolic OH excluding ortho intramolecular Hbond substituents is 1. The highest BCUT2D eigenvalue weighted by Crippen LogP contribution is 2.20. The van der Waals surface area contributed by atoms with Crippen LogP contribution >= 0.6 is 31.9 Å². The summed E-state index contributed by atoms with van der Waals surface area (Å²) in [6.45, 7) is 1.82. The van der Waals surface area contributed by atoms with E-state index >= 15 is 0 Å². The molecule has 0 heterocycles. The average molecular weight is 369 g/mol. The van der Waals surface area contributed by atoms with Crippen LogP contribution in [0.3, 0.4) is 0 Å². The molecule has 0 fully saturated rings. The molecule has 0 saturated carbocycles. The van der Waals surface area contributed by atoms with Crippen LogP contribution < -0.4 is 5.32 Å². The summed E-state index contributed by atoms with van der Waals surface area (Å²) in [5.41, 5.74) is -0.575. The lowest BCUT2D eigenvalue weighted by atomic mass is 10.1. The molecular weight excluding hydrogens is 357 g/mol. The maximum Gasteiger partial charge on any atom is 0.255 e. The minimum absolute atomic E-state index is 0.0712. The number of hydrogen-bond acceptors (Lipinski definition) is 2. The summed E-state index contributed by atoms with van der Waals surface area (Å²) >= 11 is 6.57. The minimum Gasteiger partial charge on any atom is -0.507 e. The fourth-order valence-corrected chi connectivity index (χ4v) is 2.34. The van der Waals surface area contributed by atoms with E-state index < -0.39 is 17.3 Å². The van der Waals surface area contributed by atoms with Gasteiger partial charge in [-0.05, 0) is 25.1 Å². The third-order valence-corrected chi connectivity index (χ3v) is 4.68. The predicted molar refractivity (Wildman–Crippen MR) is 71.5 cm³/mol. The molecule has 3 nitrogen and oxygen atoms in total. The van der Waals surface area contributed by atoms with Gasteiger partial charge in [-0.25, -0.2) is 4.39 Å². The van der Waals surface area contributed by atoms with Gasteiger partial charge in [-0.1, -0.05) is 31.9 Å². The molecule has 1 aromatic carbocycles. The summed E-state index contributed by atoms with van der Waals surface area (Å²) in [5.74, 6) is -1.31. The van der Waals surface area contributed by atoms with Crippen LogP contribution in [0.4, 0.5) is 4.39 Å². The van der Waals surface area contributed by atoms with Gasteiger partial charge >= 0.3 is 0 Å². The van der Waals surface area contributed by atoms with Gasteiger partial charge < -0.3 is 10.4 Å². The molecule has 0 saturated heterocycles. The molecule has 6 heteroatoms. The standard InChI is InChI=1S/C11H12Br2FNO2/c1-11(5-12,6-13)15-10(17)8-4-7(14)2-3-9(8)16/h2-4,16H,5-6H2,1H3,(H,15,17). The third-order valence-electron chi connectivity index (χ3n) is 2.21. The molecule has 0 radical (unpaired) electrons. The van der Waals surface area contributed by atoms with E-state index in [1.807, 2.05) is 6.92 Å². The summed E-state index contributed by atoms with van der Waals surface area (Å²) in [4.78, 5) is 11.9. The van der Waals surface area contributed by atoms with Crippen LogP contribution in [0.2, 0.25) is 0 Å². The Bertz CT molecular complexity index is 422. The first-order valence-corrected chi connectivity index (χ1v) is 7.09. The quantitative estimate of drug-likeness (QED) is 0.803. The third kappa shape index (κ3) is 3.67. The largest absolute Gasteiger partial charge is 0.507 e. The fraction of sp³-hybridized carbons (Fsp3) is 0.364. The Balaban J connectivity index is 2.94. The van der Waals surface area contributed by atoms with Gasteiger partial charge in [0.15, 0.2) is 0 Å². The lowest BCUT2D eigenvalue weighted by molar-refractivity contribution is 0.0919. The van der Waals surface area contributed by atoms with Crippen molar-refractivity contribution < 1.29 is 14.3 Å². The van der Waals surface area contributed by atoms with Crippen molar-refractivity contribution in [3.63, 3.8) is 0 Å². The topological polar surface area (TPSA) is 49.3 Å². The van der Waals surface area contributed by atoms with Gasteiger partial charge in [0.05, 0.1) is 11.1 Å². The normalized spacial score (nSPS) is 11.3. The van der Waals surface area contributed by atoms with Crippen LogP contribution in [0.15, 0.2) is 18.2 Å². The average Bonchev–Trinajstić information content (AvgIpc) is 2.32. The molecule has 17 heavy (non-hydrogen) atoms. The van der Waals surface area contributed by atoms with Crippen molar-refractivity contribution in [3.05, 3.63) is 29.6 Å². The smallest absolute Gasteiger partial charge is 0.255 e. The summed E-state index contributed by atoms with van der Waals surface area (Å²) in [6, 6.07) is 3.26. The highest BCUT2D eigenvalue weighted by atomic mass is 79.9. The molecule has 0 atom stereocenters. The van der Waals surface area contributed by atoms with Crippen molar-refractivity contribution in [2.24, 2.45) is 0 Å². The van der Waals surface area contributed by atoms with Gasteiger partial charge in [0, 0.05) is 10.7 Å². The minimum atomic E-state index is -0.563. The van der Waals surface area contributed by atoms with E-state index in [0.717, 1.165) is 18.2 Å². The van der Waals surface area contributed by atoms with Crippen LogP contribution in [0.5, 0.6) is 5.75 Å². The van der Waals surface area contributed by atoms with E-state index in [9.17, 15) is 14.3 Å². The van der Waals surface area contributed by atoms with Gasteiger partial charge in [0.25, 0.3) is 5.91 Å². The van der Waals surface area contributed by atoms with E-state index in [1.165, 1.54) is 0 Å². The number of carbonyl (C=O) groups excluding carboxylic acids is 1. The van der Waals surface area contributed by atoms with Crippen LogP contribution in [-0.4, -0.2) is 27.2 Å². The first kappa shape index (κ1) is 14.4. The van der Waals surface area contributed by atoms with Gasteiger partial charge in [0.2, 0.25) is 0 Å². The lowest BCUT2D eigenvalue weighted by Crippen LogP contribution is -2.49. The maximum absolute atomic E-state index is 13.0. The molecule has 2 N–H and O–H groups in total. The molecule has 0 aliphatic rings. The number of benzene rings is 1. The molecule has 1 amide bonds. The van der Waals surface area contributed by atoms with Crippen molar-refractivity contribution in [1.82, 2.24) is 5.32 Å². The molecule has 0 aliphatic carbocycles. The van der Waals surface area contributed by atoms with Crippen LogP contribution in [0.25, 0.3) is 0 Å². The zero-order valence-corrected chi connectivity index (χ0v) is 12.3. The van der Waals surface area contributed by atoms with Gasteiger partial charge in [-0.2, -0.15) is 0 Å². The van der Waals surface area contributed by atoms with E-state index in [4.69, 9.17) is 0 Å². The van der Waals surface area contributed by atoms with Gasteiger partial charge in [-0.3, -0.25) is 4.79 Å². The second-order valence-corrected chi connectivity index (χ2v) is 5.06. The zero-order valence-electron chi connectivity index (χ0n) is 9.14. The number of carbonyl (C=O) groups is 1. The number of halogens is 3. The van der Waals surface area contributed by atoms with E-state index in [2.05, 4.69) is 37.2 Å². The molecule has 0 bridgehead atoms. The van der Waals surface area contributed by atoms with Crippen LogP contribution in [0, 0.1) is 5.82 Å². The molecule has 94 valence electrons. The van der Waals surface area contributed by atoms with Crippen molar-refractivity contribution in [3.8, 4) is 5.75 Å². The first-order valence-electron chi connectivity index (χ1n) is 4.85. The molecule has 0 aromatic heterocycles. The fourth-order valence-electron chi connectivity index (χ4n) is 1.13. The SMILES string of the molecule is CC(CBr)(CBr)NC(=O)c1cc(F)ccc1O. The van der Waals surface area contributed by atoms with Crippen molar-refractivity contribution in [2.75, 3.05) is 10.7 Å². The monoisotopic (exact) mass is 367 g/mol. The lowest BCUT2D eigenvalue weighted by Gasteiger charge is -2.26. The van der Waals surface area contributed by atoms with Crippen LogP contribution in [-0.2, 0) is 0 Å². The Morgan fingerprint density at radius 2 is 2.06 bits per heavy atom. The summed E-state index contributed by atoms with van der Waals surface area (Å²) in [6.07, 6.45) is 0. The molecule has 1 rings (SSSR count). The summed E-state index contributed by atoms with van der Waals surface area (Å²) in [7, 11) is 0. The molecule has 0 aliphatic heterocycles. The Kier molecular flexibility index (Phi) is 4.94. The predicted octanol–water partition coefficient (Wildman–Crippen LogP) is 2.81. The number of nitrogens with one attached hydrogen (secondary N) is 1. The molecule has 0 spiro atoms. The number of amides is 1. The second-order valence-electron chi connectivity index (χ2n) is 3.94. The number of hydrogen-bond donors (Lipinski definition) is 2. The first-order chi connectivity index (χ1) is 7.91. The number of aromatic hydroxyl groups is 1. The highest BCUT2D eigenvalue weighted by Gasteiger charge is 2.25. The maximum atomic E-state index is 13.0. The van der Waals surface area contributed by atoms with E-state index in [1.54, 1.807) is 0 Å². The Labute approximate surface area is 116 Å². The van der Waals surface area contributed by atoms with E-state index in [-0.39, 0.29) is 11.3 Å². The number of rotatable bonds is 4. The van der Waals surface area contributed by atoms with Crippen molar-refractivity contribution in [1.29, 1.82) is 0 Å².